The third-order valence-corrected chi connectivity index (χ3v) is 4.47. The molecular formula is C13H16F2N6OS. The fourth-order valence-corrected chi connectivity index (χ4v) is 3.16. The topological polar surface area (TPSA) is 67.2 Å². The van der Waals surface area contributed by atoms with Crippen LogP contribution in [0.15, 0.2) is 17.1 Å². The van der Waals surface area contributed by atoms with E-state index in [9.17, 15) is 13.6 Å². The predicted molar refractivity (Wildman–Crippen MR) is 83.6 cm³/mol. The first-order valence-corrected chi connectivity index (χ1v) is 7.96. The molecule has 0 saturated carbocycles. The van der Waals surface area contributed by atoms with Crippen molar-refractivity contribution in [3.63, 3.8) is 0 Å². The molecule has 124 valence electrons. The second-order valence-corrected chi connectivity index (χ2v) is 5.95. The lowest BCUT2D eigenvalue weighted by molar-refractivity contribution is 0.119. The third kappa shape index (κ3) is 3.63. The highest BCUT2D eigenvalue weighted by molar-refractivity contribution is 7.09. The summed E-state index contributed by atoms with van der Waals surface area (Å²) in [4.78, 5) is 20.3. The highest BCUT2D eigenvalue weighted by atomic mass is 32.1. The molecule has 0 aromatic carbocycles. The van der Waals surface area contributed by atoms with Crippen LogP contribution in [0.3, 0.4) is 0 Å². The average Bonchev–Trinajstić information content (AvgIpc) is 2.96. The highest BCUT2D eigenvalue weighted by Crippen LogP contribution is 2.20. The molecule has 0 unspecified atom stereocenters. The highest BCUT2D eigenvalue weighted by Gasteiger charge is 2.20. The second-order valence-electron chi connectivity index (χ2n) is 5.22. The Kier molecular flexibility index (Phi) is 4.51. The van der Waals surface area contributed by atoms with Crippen molar-refractivity contribution >= 4 is 22.4 Å². The zero-order chi connectivity index (χ0) is 16.4. The number of anilines is 2. The summed E-state index contributed by atoms with van der Waals surface area (Å²) in [6, 6.07) is 1.36. The van der Waals surface area contributed by atoms with E-state index in [0.29, 0.717) is 18.8 Å². The van der Waals surface area contributed by atoms with E-state index in [4.69, 9.17) is 0 Å². The number of alkyl halides is 2. The summed E-state index contributed by atoms with van der Waals surface area (Å²) in [7, 11) is 0. The minimum absolute atomic E-state index is 0.509. The van der Waals surface area contributed by atoms with Crippen LogP contribution in [0.1, 0.15) is 5.82 Å². The molecule has 0 amide bonds. The summed E-state index contributed by atoms with van der Waals surface area (Å²) >= 11 is 1.37. The molecule has 23 heavy (non-hydrogen) atoms. The molecule has 0 atom stereocenters. The number of hydrogen-bond donors (Lipinski definition) is 0. The monoisotopic (exact) mass is 342 g/mol. The number of nitrogens with zero attached hydrogens (tertiary/aromatic N) is 6. The first-order valence-electron chi connectivity index (χ1n) is 7.18. The zero-order valence-corrected chi connectivity index (χ0v) is 13.3. The third-order valence-electron chi connectivity index (χ3n) is 3.60. The molecule has 2 aromatic rings. The van der Waals surface area contributed by atoms with E-state index in [1.165, 1.54) is 23.8 Å². The van der Waals surface area contributed by atoms with Crippen molar-refractivity contribution in [2.24, 2.45) is 0 Å². The van der Waals surface area contributed by atoms with Gasteiger partial charge in [-0.1, -0.05) is 0 Å². The van der Waals surface area contributed by atoms with Gasteiger partial charge in [0.2, 0.25) is 5.13 Å². The fraction of sp³-hybridized carbons (Fsp3) is 0.538. The zero-order valence-electron chi connectivity index (χ0n) is 12.5. The van der Waals surface area contributed by atoms with E-state index in [1.807, 2.05) is 11.8 Å². The van der Waals surface area contributed by atoms with E-state index in [-0.39, 0.29) is 0 Å². The van der Waals surface area contributed by atoms with Gasteiger partial charge in [-0.15, -0.1) is 0 Å². The Balaban J connectivity index is 1.65. The van der Waals surface area contributed by atoms with Crippen LogP contribution in [-0.2, 0) is 6.54 Å². The smallest absolute Gasteiger partial charge is 0.269 e. The minimum atomic E-state index is -2.59. The number of rotatable bonds is 4. The van der Waals surface area contributed by atoms with Gasteiger partial charge in [-0.25, -0.2) is 18.4 Å². The molecule has 10 heteroatoms. The van der Waals surface area contributed by atoms with Gasteiger partial charge in [-0.2, -0.15) is 9.47 Å². The van der Waals surface area contributed by atoms with Crippen LogP contribution in [0, 0.1) is 6.92 Å². The van der Waals surface area contributed by atoms with Gasteiger partial charge in [0.1, 0.15) is 12.4 Å². The molecule has 0 spiro atoms. The Labute approximate surface area is 135 Å². The summed E-state index contributed by atoms with van der Waals surface area (Å²) < 4.78 is 29.6. The second kappa shape index (κ2) is 6.57. The average molecular weight is 342 g/mol. The SMILES string of the molecule is Cc1nsc(N2CCN(c3cnn(CC(F)F)c(=O)c3)CC2)n1. The molecule has 7 nitrogen and oxygen atoms in total. The van der Waals surface area contributed by atoms with Crippen LogP contribution in [0.4, 0.5) is 19.6 Å². The first kappa shape index (κ1) is 15.8. The minimum Gasteiger partial charge on any atom is -0.367 e. The Morgan fingerprint density at radius 1 is 1.26 bits per heavy atom. The molecule has 1 aliphatic rings. The summed E-state index contributed by atoms with van der Waals surface area (Å²) in [5.74, 6) is 0.763. The number of hydrogen-bond acceptors (Lipinski definition) is 7. The van der Waals surface area contributed by atoms with Crippen LogP contribution in [0.25, 0.3) is 0 Å². The number of piperazine rings is 1. The van der Waals surface area contributed by atoms with Crippen molar-refractivity contribution in [2.45, 2.75) is 19.9 Å². The molecule has 0 bridgehead atoms. The molecule has 3 heterocycles. The van der Waals surface area contributed by atoms with Gasteiger partial charge in [0.15, 0.2) is 0 Å². The first-order chi connectivity index (χ1) is 11.0. The van der Waals surface area contributed by atoms with Gasteiger partial charge in [-0.3, -0.25) is 4.79 Å². The molecule has 1 aliphatic heterocycles. The van der Waals surface area contributed by atoms with E-state index in [0.717, 1.165) is 28.7 Å². The Bertz CT molecular complexity index is 725. The van der Waals surface area contributed by atoms with E-state index in [2.05, 4.69) is 19.4 Å². The van der Waals surface area contributed by atoms with Crippen molar-refractivity contribution in [3.05, 3.63) is 28.4 Å². The summed E-state index contributed by atoms with van der Waals surface area (Å²) in [5, 5.41) is 4.72. The molecule has 1 saturated heterocycles. The lowest BCUT2D eigenvalue weighted by Crippen LogP contribution is -2.47. The largest absolute Gasteiger partial charge is 0.367 e. The molecule has 0 N–H and O–H groups in total. The van der Waals surface area contributed by atoms with E-state index >= 15 is 0 Å². The lowest BCUT2D eigenvalue weighted by Gasteiger charge is -2.35. The van der Waals surface area contributed by atoms with Gasteiger partial charge >= 0.3 is 0 Å². The van der Waals surface area contributed by atoms with Gasteiger partial charge in [-0.05, 0) is 6.92 Å². The number of halogens is 2. The summed E-state index contributed by atoms with van der Waals surface area (Å²) in [6.07, 6.45) is -1.13. The molecule has 3 rings (SSSR count). The number of aryl methyl sites for hydroxylation is 1. The molecule has 0 radical (unpaired) electrons. The maximum atomic E-state index is 12.3. The normalized spacial score (nSPS) is 15.5. The van der Waals surface area contributed by atoms with Crippen molar-refractivity contribution in [1.82, 2.24) is 19.1 Å². The van der Waals surface area contributed by atoms with Gasteiger partial charge in [0, 0.05) is 43.8 Å². The molecule has 0 aliphatic carbocycles. The maximum absolute atomic E-state index is 12.3. The van der Waals surface area contributed by atoms with Crippen LogP contribution in [0.5, 0.6) is 0 Å². The van der Waals surface area contributed by atoms with Crippen molar-refractivity contribution in [2.75, 3.05) is 36.0 Å². The van der Waals surface area contributed by atoms with Crippen LogP contribution < -0.4 is 15.4 Å². The predicted octanol–water partition coefficient (Wildman–Crippen LogP) is 0.995. The maximum Gasteiger partial charge on any atom is 0.269 e. The van der Waals surface area contributed by atoms with E-state index in [1.54, 1.807) is 0 Å². The summed E-state index contributed by atoms with van der Waals surface area (Å²) in [5.41, 5.74) is 0.151. The molecule has 1 fully saturated rings. The Hall–Kier alpha value is -2.10. The quantitative estimate of drug-likeness (QED) is 0.826. The Morgan fingerprint density at radius 2 is 1.96 bits per heavy atom. The number of aromatic nitrogens is 4. The van der Waals surface area contributed by atoms with Crippen LogP contribution in [-0.4, -0.2) is 51.7 Å². The lowest BCUT2D eigenvalue weighted by atomic mass is 10.3. The van der Waals surface area contributed by atoms with Crippen molar-refractivity contribution < 1.29 is 8.78 Å². The van der Waals surface area contributed by atoms with Crippen LogP contribution >= 0.6 is 11.5 Å². The van der Waals surface area contributed by atoms with Crippen LogP contribution in [0.2, 0.25) is 0 Å². The fourth-order valence-electron chi connectivity index (χ4n) is 2.44. The van der Waals surface area contributed by atoms with Gasteiger partial charge < -0.3 is 9.80 Å². The Morgan fingerprint density at radius 3 is 2.52 bits per heavy atom. The summed E-state index contributed by atoms with van der Waals surface area (Å²) in [6.45, 7) is 4.11. The van der Waals surface area contributed by atoms with E-state index < -0.39 is 18.5 Å². The van der Waals surface area contributed by atoms with Gasteiger partial charge in [0.05, 0.1) is 11.9 Å². The van der Waals surface area contributed by atoms with Gasteiger partial charge in [0.25, 0.3) is 12.0 Å². The molecule has 2 aromatic heterocycles. The van der Waals surface area contributed by atoms with Crippen molar-refractivity contribution in [3.8, 4) is 0 Å². The van der Waals surface area contributed by atoms with Crippen molar-refractivity contribution in [1.29, 1.82) is 0 Å². The molecular weight excluding hydrogens is 326 g/mol. The standard InChI is InChI=1S/C13H16F2N6OS/c1-9-17-13(23-18-9)20-4-2-19(3-5-20)10-6-12(22)21(16-7-10)8-11(14)15/h6-7,11H,2-5,8H2,1H3.